The molecule has 0 aromatic heterocycles. The topological polar surface area (TPSA) is 61.4 Å². The number of carbonyl (C=O) groups is 2. The Bertz CT molecular complexity index is 759. The number of anilines is 1. The number of benzene rings is 2. The van der Waals surface area contributed by atoms with Crippen LogP contribution in [0.3, 0.4) is 0 Å². The van der Waals surface area contributed by atoms with Gasteiger partial charge in [0.2, 0.25) is 5.91 Å². The summed E-state index contributed by atoms with van der Waals surface area (Å²) < 4.78 is 0. The zero-order valence-electron chi connectivity index (χ0n) is 15.8. The Morgan fingerprint density at radius 3 is 2.44 bits per heavy atom. The van der Waals surface area contributed by atoms with Crippen LogP contribution in [-0.2, 0) is 11.2 Å². The zero-order valence-corrected chi connectivity index (χ0v) is 15.8. The van der Waals surface area contributed by atoms with Gasteiger partial charge in [0.05, 0.1) is 6.42 Å². The van der Waals surface area contributed by atoms with Gasteiger partial charge < -0.3 is 15.5 Å². The maximum atomic E-state index is 12.6. The van der Waals surface area contributed by atoms with Crippen LogP contribution < -0.4 is 10.6 Å². The number of amides is 3. The van der Waals surface area contributed by atoms with Gasteiger partial charge >= 0.3 is 6.03 Å². The van der Waals surface area contributed by atoms with Gasteiger partial charge in [0.15, 0.2) is 0 Å². The van der Waals surface area contributed by atoms with E-state index in [1.807, 2.05) is 35.2 Å². The number of hydrogen-bond acceptors (Lipinski definition) is 2. The van der Waals surface area contributed by atoms with Crippen molar-refractivity contribution in [2.75, 3.05) is 25.5 Å². The van der Waals surface area contributed by atoms with Crippen LogP contribution in [0.4, 0.5) is 10.5 Å². The predicted molar refractivity (Wildman–Crippen MR) is 108 cm³/mol. The second-order valence-corrected chi connectivity index (χ2v) is 7.00. The number of nitrogens with one attached hydrogen (secondary N) is 2. The molecule has 1 heterocycles. The van der Waals surface area contributed by atoms with Gasteiger partial charge in [0.1, 0.15) is 0 Å². The Hall–Kier alpha value is -2.82. The number of carbonyl (C=O) groups excluding carboxylic acids is 2. The smallest absolute Gasteiger partial charge is 0.321 e. The summed E-state index contributed by atoms with van der Waals surface area (Å²) >= 11 is 0. The SMILES string of the molecule is CNC(=O)Cc1ccc(NC(=O)N2CCCC(c3ccccc3)CC2)cc1. The van der Waals surface area contributed by atoms with Crippen molar-refractivity contribution in [2.45, 2.75) is 31.6 Å². The van der Waals surface area contributed by atoms with Gasteiger partial charge in [-0.1, -0.05) is 42.5 Å². The van der Waals surface area contributed by atoms with Gasteiger partial charge in [-0.15, -0.1) is 0 Å². The summed E-state index contributed by atoms with van der Waals surface area (Å²) in [6, 6.07) is 18.0. The van der Waals surface area contributed by atoms with Crippen molar-refractivity contribution in [2.24, 2.45) is 0 Å². The summed E-state index contributed by atoms with van der Waals surface area (Å²) in [4.78, 5) is 26.0. The van der Waals surface area contributed by atoms with E-state index in [0.717, 1.165) is 43.6 Å². The monoisotopic (exact) mass is 365 g/mol. The first-order valence-corrected chi connectivity index (χ1v) is 9.56. The third kappa shape index (κ3) is 5.33. The van der Waals surface area contributed by atoms with Crippen LogP contribution in [0.5, 0.6) is 0 Å². The molecule has 5 nitrogen and oxygen atoms in total. The molecular weight excluding hydrogens is 338 g/mol. The van der Waals surface area contributed by atoms with E-state index in [1.165, 1.54) is 5.56 Å². The van der Waals surface area contributed by atoms with Crippen molar-refractivity contribution in [3.63, 3.8) is 0 Å². The molecule has 3 amide bonds. The van der Waals surface area contributed by atoms with Crippen LogP contribution in [0.25, 0.3) is 0 Å². The summed E-state index contributed by atoms with van der Waals surface area (Å²) in [5.74, 6) is 0.498. The lowest BCUT2D eigenvalue weighted by Gasteiger charge is -2.21. The minimum absolute atomic E-state index is 0.0238. The van der Waals surface area contributed by atoms with E-state index in [2.05, 4.69) is 34.9 Å². The number of likely N-dealkylation sites (N-methyl/N-ethyl adjacent to an activating group) is 1. The van der Waals surface area contributed by atoms with E-state index in [1.54, 1.807) is 7.05 Å². The molecule has 1 saturated heterocycles. The van der Waals surface area contributed by atoms with Crippen molar-refractivity contribution in [1.29, 1.82) is 0 Å². The van der Waals surface area contributed by atoms with Crippen LogP contribution in [0.15, 0.2) is 54.6 Å². The van der Waals surface area contributed by atoms with Gasteiger partial charge in [-0.05, 0) is 48.4 Å². The lowest BCUT2D eigenvalue weighted by atomic mass is 9.92. The maximum absolute atomic E-state index is 12.6. The molecule has 5 heteroatoms. The molecule has 1 aliphatic heterocycles. The first kappa shape index (κ1) is 19.0. The highest BCUT2D eigenvalue weighted by molar-refractivity contribution is 5.89. The van der Waals surface area contributed by atoms with Gasteiger partial charge in [0, 0.05) is 25.8 Å². The summed E-state index contributed by atoms with van der Waals surface area (Å²) in [5.41, 5.74) is 3.05. The van der Waals surface area contributed by atoms with Crippen LogP contribution in [0.2, 0.25) is 0 Å². The van der Waals surface area contributed by atoms with Gasteiger partial charge in [0.25, 0.3) is 0 Å². The number of nitrogens with zero attached hydrogens (tertiary/aromatic N) is 1. The molecule has 2 aromatic carbocycles. The van der Waals surface area contributed by atoms with Gasteiger partial charge in [-0.3, -0.25) is 4.79 Å². The fourth-order valence-electron chi connectivity index (χ4n) is 3.54. The second kappa shape index (κ2) is 9.21. The highest BCUT2D eigenvalue weighted by atomic mass is 16.2. The summed E-state index contributed by atoms with van der Waals surface area (Å²) in [5, 5.41) is 5.58. The van der Waals surface area contributed by atoms with E-state index in [-0.39, 0.29) is 11.9 Å². The molecule has 1 fully saturated rings. The maximum Gasteiger partial charge on any atom is 0.321 e. The molecule has 3 rings (SSSR count). The lowest BCUT2D eigenvalue weighted by Crippen LogP contribution is -2.35. The minimum Gasteiger partial charge on any atom is -0.359 e. The van der Waals surface area contributed by atoms with Crippen LogP contribution in [0.1, 0.15) is 36.3 Å². The number of hydrogen-bond donors (Lipinski definition) is 2. The van der Waals surface area contributed by atoms with Crippen molar-refractivity contribution in [3.05, 3.63) is 65.7 Å². The van der Waals surface area contributed by atoms with Crippen molar-refractivity contribution in [3.8, 4) is 0 Å². The number of likely N-dealkylation sites (tertiary alicyclic amines) is 1. The average molecular weight is 365 g/mol. The van der Waals surface area contributed by atoms with Crippen molar-refractivity contribution >= 4 is 17.6 Å². The minimum atomic E-state index is -0.0530. The Balaban J connectivity index is 1.54. The molecule has 1 unspecified atom stereocenters. The molecule has 1 atom stereocenters. The number of rotatable bonds is 4. The normalized spacial score (nSPS) is 17.1. The second-order valence-electron chi connectivity index (χ2n) is 7.00. The van der Waals surface area contributed by atoms with Gasteiger partial charge in [-0.25, -0.2) is 4.79 Å². The van der Waals surface area contributed by atoms with Crippen LogP contribution in [-0.4, -0.2) is 37.0 Å². The molecule has 0 aliphatic carbocycles. The number of urea groups is 1. The first-order chi connectivity index (χ1) is 13.2. The molecule has 1 aliphatic rings. The fourth-order valence-corrected chi connectivity index (χ4v) is 3.54. The molecule has 2 aromatic rings. The third-order valence-corrected chi connectivity index (χ3v) is 5.14. The largest absolute Gasteiger partial charge is 0.359 e. The molecule has 0 radical (unpaired) electrons. The highest BCUT2D eigenvalue weighted by Gasteiger charge is 2.21. The molecule has 0 saturated carbocycles. The molecular formula is C22H27N3O2. The lowest BCUT2D eigenvalue weighted by molar-refractivity contribution is -0.119. The van der Waals surface area contributed by atoms with Crippen LogP contribution >= 0.6 is 0 Å². The highest BCUT2D eigenvalue weighted by Crippen LogP contribution is 2.28. The predicted octanol–water partition coefficient (Wildman–Crippen LogP) is 3.78. The zero-order chi connectivity index (χ0) is 19.1. The first-order valence-electron chi connectivity index (χ1n) is 9.56. The average Bonchev–Trinajstić information content (AvgIpc) is 2.96. The van der Waals surface area contributed by atoms with E-state index in [0.29, 0.717) is 12.3 Å². The molecule has 2 N–H and O–H groups in total. The third-order valence-electron chi connectivity index (χ3n) is 5.14. The Labute approximate surface area is 160 Å². The van der Waals surface area contributed by atoms with E-state index < -0.39 is 0 Å². The summed E-state index contributed by atoms with van der Waals surface area (Å²) in [6.45, 7) is 1.55. The van der Waals surface area contributed by atoms with Crippen molar-refractivity contribution < 1.29 is 9.59 Å². The van der Waals surface area contributed by atoms with Gasteiger partial charge in [-0.2, -0.15) is 0 Å². The summed E-state index contributed by atoms with van der Waals surface area (Å²) in [6.07, 6.45) is 3.46. The van der Waals surface area contributed by atoms with Crippen LogP contribution in [0, 0.1) is 0 Å². The van der Waals surface area contributed by atoms with E-state index in [4.69, 9.17) is 0 Å². The quantitative estimate of drug-likeness (QED) is 0.866. The molecule has 142 valence electrons. The molecule has 0 bridgehead atoms. The van der Waals surface area contributed by atoms with Crippen molar-refractivity contribution in [1.82, 2.24) is 10.2 Å². The fraction of sp³-hybridized carbons (Fsp3) is 0.364. The Morgan fingerprint density at radius 2 is 1.74 bits per heavy atom. The molecule has 0 spiro atoms. The van der Waals surface area contributed by atoms with E-state index >= 15 is 0 Å². The Morgan fingerprint density at radius 1 is 1.00 bits per heavy atom. The summed E-state index contributed by atoms with van der Waals surface area (Å²) in [7, 11) is 1.63. The molecule has 27 heavy (non-hydrogen) atoms. The van der Waals surface area contributed by atoms with E-state index in [9.17, 15) is 9.59 Å². The standard InChI is InChI=1S/C22H27N3O2/c1-23-21(26)16-17-9-11-20(12-10-17)24-22(27)25-14-5-8-19(13-15-25)18-6-3-2-4-7-18/h2-4,6-7,9-12,19H,5,8,13-16H2,1H3,(H,23,26)(H,24,27). The Kier molecular flexibility index (Phi) is 6.47.